The molecule has 11 aromatic carbocycles. The van der Waals surface area contributed by atoms with Gasteiger partial charge in [-0.25, -0.2) is 9.97 Å². The highest BCUT2D eigenvalue weighted by Crippen LogP contribution is 2.51. The standard InChI is InChI=1S/C62H34N2S3/c1-3-13-37-31-39(25-23-35(37)11-1)41-27-29-43-44-30-28-42(40-26-24-36-12-2-4-14-38(36)32-40)34-52(44)56-55(51(43)33-41)63-57-58(64-56)62(50-20-10-18-48-46-16-6-8-22-54(46)66-60(48)50)67-61(57)49-19-9-17-47-45-15-5-7-21-53(45)65-59(47)49/h1-34H. The Labute approximate surface area is 396 Å². The molecule has 310 valence electrons. The lowest BCUT2D eigenvalue weighted by molar-refractivity contribution is 1.44. The van der Waals surface area contributed by atoms with Crippen LogP contribution in [0, 0.1) is 0 Å². The van der Waals surface area contributed by atoms with E-state index in [1.807, 2.05) is 34.0 Å². The molecule has 0 aliphatic carbocycles. The molecule has 0 atom stereocenters. The summed E-state index contributed by atoms with van der Waals surface area (Å²) in [5.74, 6) is 0. The second-order valence-corrected chi connectivity index (χ2v) is 20.7. The van der Waals surface area contributed by atoms with Crippen LogP contribution >= 0.6 is 34.0 Å². The zero-order valence-corrected chi connectivity index (χ0v) is 38.2. The van der Waals surface area contributed by atoms with Gasteiger partial charge in [0.1, 0.15) is 11.0 Å². The van der Waals surface area contributed by atoms with Gasteiger partial charge < -0.3 is 0 Å². The molecule has 0 saturated carbocycles. The number of rotatable bonds is 4. The first-order valence-corrected chi connectivity index (χ1v) is 25.1. The number of aromatic nitrogens is 2. The average molecular weight is 903 g/mol. The van der Waals surface area contributed by atoms with Gasteiger partial charge in [0.05, 0.1) is 20.8 Å². The van der Waals surface area contributed by atoms with Crippen molar-refractivity contribution in [1.82, 2.24) is 9.97 Å². The predicted molar refractivity (Wildman–Crippen MR) is 292 cm³/mol. The summed E-state index contributed by atoms with van der Waals surface area (Å²) in [4.78, 5) is 14.2. The summed E-state index contributed by atoms with van der Waals surface area (Å²) in [6.07, 6.45) is 0. The van der Waals surface area contributed by atoms with Gasteiger partial charge in [0, 0.05) is 62.2 Å². The molecule has 0 unspecified atom stereocenters. The summed E-state index contributed by atoms with van der Waals surface area (Å²) in [7, 11) is 0. The maximum absolute atomic E-state index is 5.95. The summed E-state index contributed by atoms with van der Waals surface area (Å²) in [5.41, 5.74) is 10.8. The Morgan fingerprint density at radius 2 is 0.657 bits per heavy atom. The third-order valence-electron chi connectivity index (χ3n) is 13.8. The Morgan fingerprint density at radius 1 is 0.254 bits per heavy atom. The van der Waals surface area contributed by atoms with E-state index in [4.69, 9.17) is 9.97 Å². The van der Waals surface area contributed by atoms with E-state index in [1.165, 1.54) is 94.9 Å². The molecule has 0 aliphatic heterocycles. The molecule has 0 spiro atoms. The van der Waals surface area contributed by atoms with E-state index in [0.29, 0.717) is 0 Å². The van der Waals surface area contributed by atoms with Gasteiger partial charge in [-0.15, -0.1) is 34.0 Å². The van der Waals surface area contributed by atoms with Crippen molar-refractivity contribution in [2.75, 3.05) is 0 Å². The minimum atomic E-state index is 0.919. The molecule has 0 fully saturated rings. The first-order valence-electron chi connectivity index (χ1n) is 22.6. The second-order valence-electron chi connectivity index (χ2n) is 17.6. The Morgan fingerprint density at radius 3 is 1.15 bits per heavy atom. The highest BCUT2D eigenvalue weighted by atomic mass is 32.1. The van der Waals surface area contributed by atoms with Crippen molar-refractivity contribution in [1.29, 1.82) is 0 Å². The Hall–Kier alpha value is -7.80. The third-order valence-corrected chi connectivity index (χ3v) is 17.5. The minimum absolute atomic E-state index is 0.919. The van der Waals surface area contributed by atoms with E-state index in [-0.39, 0.29) is 0 Å². The largest absolute Gasteiger partial charge is 0.242 e. The zero-order valence-electron chi connectivity index (χ0n) is 35.7. The quantitative estimate of drug-likeness (QED) is 0.165. The van der Waals surface area contributed by atoms with Gasteiger partial charge in [0.15, 0.2) is 0 Å². The Bertz CT molecular complexity index is 4300. The fourth-order valence-corrected chi connectivity index (χ4v) is 14.4. The lowest BCUT2D eigenvalue weighted by Gasteiger charge is -2.14. The number of fused-ring (bicyclic) bond motifs is 15. The van der Waals surface area contributed by atoms with Gasteiger partial charge in [-0.3, -0.25) is 0 Å². The van der Waals surface area contributed by atoms with Crippen LogP contribution in [0.25, 0.3) is 149 Å². The minimum Gasteiger partial charge on any atom is -0.242 e. The van der Waals surface area contributed by atoms with Crippen LogP contribution in [0.3, 0.4) is 0 Å². The molecule has 4 aromatic heterocycles. The number of hydrogen-bond acceptors (Lipinski definition) is 5. The predicted octanol–water partition coefficient (Wildman–Crippen LogP) is 18.9. The SMILES string of the molecule is c1ccc2cc(-c3ccc4c5ccc(-c6ccc7ccccc7c6)cc5c5nc6c(-c7cccc8c7sc7ccccc78)sc(-c7cccc8c7sc7ccccc78)c6nc5c4c3)ccc2c1. The molecule has 0 radical (unpaired) electrons. The molecule has 2 nitrogen and oxygen atoms in total. The first kappa shape index (κ1) is 37.4. The van der Waals surface area contributed by atoms with Gasteiger partial charge in [0.25, 0.3) is 0 Å². The fraction of sp³-hybridized carbons (Fsp3) is 0. The van der Waals surface area contributed by atoms with Crippen LogP contribution in [0.15, 0.2) is 206 Å². The summed E-state index contributed by atoms with van der Waals surface area (Å²) >= 11 is 5.58. The fourth-order valence-electron chi connectivity index (χ4n) is 10.6. The van der Waals surface area contributed by atoms with Crippen LogP contribution in [-0.2, 0) is 0 Å². The number of nitrogens with zero attached hydrogens (tertiary/aromatic N) is 2. The monoisotopic (exact) mass is 902 g/mol. The molecular formula is C62H34N2S3. The van der Waals surface area contributed by atoms with E-state index in [0.717, 1.165) is 53.7 Å². The van der Waals surface area contributed by atoms with Crippen LogP contribution < -0.4 is 0 Å². The molecule has 15 rings (SSSR count). The Balaban J connectivity index is 1.08. The van der Waals surface area contributed by atoms with Crippen LogP contribution in [-0.4, -0.2) is 9.97 Å². The molecule has 0 amide bonds. The summed E-state index contributed by atoms with van der Waals surface area (Å²) in [6.45, 7) is 0. The van der Waals surface area contributed by atoms with Crippen molar-refractivity contribution in [3.8, 4) is 43.1 Å². The summed E-state index contributed by atoms with van der Waals surface area (Å²) in [6, 6.07) is 75.8. The molecule has 0 saturated heterocycles. The van der Waals surface area contributed by atoms with E-state index >= 15 is 0 Å². The number of hydrogen-bond donors (Lipinski definition) is 0. The van der Waals surface area contributed by atoms with Crippen LogP contribution in [0.4, 0.5) is 0 Å². The van der Waals surface area contributed by atoms with Crippen molar-refractivity contribution in [2.45, 2.75) is 0 Å². The van der Waals surface area contributed by atoms with Gasteiger partial charge in [-0.05, 0) is 91.0 Å². The average Bonchev–Trinajstić information content (AvgIpc) is 4.09. The maximum atomic E-state index is 5.95. The van der Waals surface area contributed by atoms with Crippen molar-refractivity contribution < 1.29 is 0 Å². The third kappa shape index (κ3) is 5.66. The van der Waals surface area contributed by atoms with E-state index in [2.05, 4.69) is 206 Å². The van der Waals surface area contributed by atoms with Gasteiger partial charge in [0.2, 0.25) is 0 Å². The van der Waals surface area contributed by atoms with Crippen LogP contribution in [0.1, 0.15) is 0 Å². The van der Waals surface area contributed by atoms with E-state index < -0.39 is 0 Å². The van der Waals surface area contributed by atoms with Crippen molar-refractivity contribution in [3.05, 3.63) is 206 Å². The molecule has 67 heavy (non-hydrogen) atoms. The summed E-state index contributed by atoms with van der Waals surface area (Å²) < 4.78 is 5.14. The Kier molecular flexibility index (Phi) is 8.01. The topological polar surface area (TPSA) is 25.8 Å². The van der Waals surface area contributed by atoms with E-state index in [1.54, 1.807) is 0 Å². The molecule has 15 aromatic rings. The first-order chi connectivity index (χ1) is 33.2. The number of thiophene rings is 3. The van der Waals surface area contributed by atoms with Crippen molar-refractivity contribution in [3.63, 3.8) is 0 Å². The molecule has 4 heterocycles. The highest BCUT2D eigenvalue weighted by molar-refractivity contribution is 7.28. The highest BCUT2D eigenvalue weighted by Gasteiger charge is 2.25. The smallest absolute Gasteiger partial charge is 0.109 e. The van der Waals surface area contributed by atoms with E-state index in [9.17, 15) is 0 Å². The molecular weight excluding hydrogens is 869 g/mol. The molecule has 5 heteroatoms. The van der Waals surface area contributed by atoms with Gasteiger partial charge >= 0.3 is 0 Å². The maximum Gasteiger partial charge on any atom is 0.109 e. The number of benzene rings is 11. The summed E-state index contributed by atoms with van der Waals surface area (Å²) in [5, 5.41) is 14.6. The molecule has 0 aliphatic rings. The second kappa shape index (κ2) is 14.3. The van der Waals surface area contributed by atoms with Crippen molar-refractivity contribution in [2.24, 2.45) is 0 Å². The van der Waals surface area contributed by atoms with Crippen LogP contribution in [0.2, 0.25) is 0 Å². The molecule has 0 bridgehead atoms. The van der Waals surface area contributed by atoms with Crippen molar-refractivity contribution >= 4 is 140 Å². The normalized spacial score (nSPS) is 12.2. The lowest BCUT2D eigenvalue weighted by atomic mass is 9.92. The molecule has 0 N–H and O–H groups in total. The van der Waals surface area contributed by atoms with Gasteiger partial charge in [-0.1, -0.05) is 170 Å². The lowest BCUT2D eigenvalue weighted by Crippen LogP contribution is -1.93. The zero-order chi connectivity index (χ0) is 43.7. The van der Waals surface area contributed by atoms with Crippen LogP contribution in [0.5, 0.6) is 0 Å². The van der Waals surface area contributed by atoms with Gasteiger partial charge in [-0.2, -0.15) is 0 Å².